The molecule has 196 valence electrons. The summed E-state index contributed by atoms with van der Waals surface area (Å²) < 4.78 is 4.97. The van der Waals surface area contributed by atoms with Crippen molar-refractivity contribution >= 4 is 41.2 Å². The molecule has 1 unspecified atom stereocenters. The zero-order valence-corrected chi connectivity index (χ0v) is 21.5. The first kappa shape index (κ1) is 27.4. The van der Waals surface area contributed by atoms with Crippen molar-refractivity contribution in [3.05, 3.63) is 95.3 Å². The number of carbonyl (C=O) groups excluding carboxylic acids is 3. The van der Waals surface area contributed by atoms with Gasteiger partial charge in [0.25, 0.3) is 5.91 Å². The van der Waals surface area contributed by atoms with Crippen molar-refractivity contribution in [2.75, 3.05) is 6.54 Å². The van der Waals surface area contributed by atoms with Gasteiger partial charge in [0, 0.05) is 34.5 Å². The van der Waals surface area contributed by atoms with Gasteiger partial charge in [-0.25, -0.2) is 20.4 Å². The third-order valence-electron chi connectivity index (χ3n) is 6.18. The molecule has 9 nitrogen and oxygen atoms in total. The van der Waals surface area contributed by atoms with E-state index in [1.807, 2.05) is 24.3 Å². The molecule has 0 saturated carbocycles. The van der Waals surface area contributed by atoms with Crippen LogP contribution in [0.3, 0.4) is 0 Å². The topological polar surface area (TPSA) is 136 Å². The van der Waals surface area contributed by atoms with Crippen LogP contribution in [0.1, 0.15) is 44.7 Å². The molecule has 3 heterocycles. The molecule has 5 rings (SSSR count). The number of nitrogens with zero attached hydrogens (tertiary/aromatic N) is 2. The highest BCUT2D eigenvalue weighted by molar-refractivity contribution is 6.06. The van der Waals surface area contributed by atoms with Crippen LogP contribution in [0.25, 0.3) is 22.2 Å². The Kier molecular flexibility index (Phi) is 8.63. The standard InChI is InChI=1S/C29H23N5O4.ClH/c30-34-27(35)22-16-26(33-24-13-15-31-17-23(22)24)20-9-5-18(6-10-20)3-4-19-7-11-21(12-8-19)28(36)38-29(37)25-2-1-14-32-25;/h5-13,15-17,25,32H,1-2,14,30H2,(H,34,35);1H. The molecule has 0 aliphatic carbocycles. The number of hydrogen-bond acceptors (Lipinski definition) is 8. The summed E-state index contributed by atoms with van der Waals surface area (Å²) in [6.07, 6.45) is 4.75. The molecule has 1 atom stereocenters. The number of rotatable bonds is 4. The number of hydrogen-bond donors (Lipinski definition) is 3. The maximum atomic E-state index is 12.3. The first-order valence-electron chi connectivity index (χ1n) is 12.0. The third kappa shape index (κ3) is 6.27. The van der Waals surface area contributed by atoms with Crippen LogP contribution >= 0.6 is 12.4 Å². The number of nitrogens with two attached hydrogens (primary N) is 1. The zero-order valence-electron chi connectivity index (χ0n) is 20.6. The molecule has 4 N–H and O–H groups in total. The maximum absolute atomic E-state index is 12.3. The lowest BCUT2D eigenvalue weighted by atomic mass is 10.0. The molecule has 10 heteroatoms. The Morgan fingerprint density at radius 3 is 2.33 bits per heavy atom. The molecule has 4 aromatic rings. The molecule has 2 aromatic heterocycles. The second-order valence-electron chi connectivity index (χ2n) is 8.68. The first-order chi connectivity index (χ1) is 18.5. The van der Waals surface area contributed by atoms with Crippen molar-refractivity contribution in [3.8, 4) is 23.1 Å². The minimum Gasteiger partial charge on any atom is -0.388 e. The van der Waals surface area contributed by atoms with E-state index in [-0.39, 0.29) is 18.0 Å². The summed E-state index contributed by atoms with van der Waals surface area (Å²) in [4.78, 5) is 45.3. The van der Waals surface area contributed by atoms with Gasteiger partial charge in [-0.3, -0.25) is 15.2 Å². The third-order valence-corrected chi connectivity index (χ3v) is 6.18. The van der Waals surface area contributed by atoms with E-state index in [0.29, 0.717) is 34.1 Å². The summed E-state index contributed by atoms with van der Waals surface area (Å²) in [6.45, 7) is 0.747. The van der Waals surface area contributed by atoms with Crippen molar-refractivity contribution < 1.29 is 19.1 Å². The summed E-state index contributed by atoms with van der Waals surface area (Å²) in [6, 6.07) is 17.0. The predicted molar refractivity (Wildman–Crippen MR) is 148 cm³/mol. The van der Waals surface area contributed by atoms with Crippen LogP contribution in [0.5, 0.6) is 0 Å². The number of amides is 1. The summed E-state index contributed by atoms with van der Waals surface area (Å²) in [5, 5.41) is 3.62. The zero-order chi connectivity index (χ0) is 26.5. The lowest BCUT2D eigenvalue weighted by Gasteiger charge is -2.08. The second-order valence-corrected chi connectivity index (χ2v) is 8.68. The van der Waals surface area contributed by atoms with Crippen molar-refractivity contribution in [2.24, 2.45) is 5.84 Å². The molecule has 0 radical (unpaired) electrons. The summed E-state index contributed by atoms with van der Waals surface area (Å²) in [7, 11) is 0. The normalized spacial score (nSPS) is 14.0. The fourth-order valence-electron chi connectivity index (χ4n) is 4.15. The van der Waals surface area contributed by atoms with Gasteiger partial charge in [-0.1, -0.05) is 24.0 Å². The minimum absolute atomic E-state index is 0. The molecule has 1 aliphatic heterocycles. The van der Waals surface area contributed by atoms with Crippen LogP contribution in [-0.2, 0) is 9.53 Å². The Morgan fingerprint density at radius 2 is 1.69 bits per heavy atom. The van der Waals surface area contributed by atoms with E-state index in [2.05, 4.69) is 32.6 Å². The van der Waals surface area contributed by atoms with Gasteiger partial charge in [-0.15, -0.1) is 12.4 Å². The van der Waals surface area contributed by atoms with Gasteiger partial charge in [0.1, 0.15) is 6.04 Å². The lowest BCUT2D eigenvalue weighted by Crippen LogP contribution is -2.33. The summed E-state index contributed by atoms with van der Waals surface area (Å²) in [5.74, 6) is 9.86. The maximum Gasteiger partial charge on any atom is 0.345 e. The Balaban J connectivity index is 0.00000353. The van der Waals surface area contributed by atoms with Crippen LogP contribution < -0.4 is 16.6 Å². The van der Waals surface area contributed by atoms with Crippen molar-refractivity contribution in [2.45, 2.75) is 18.9 Å². The van der Waals surface area contributed by atoms with E-state index in [9.17, 15) is 14.4 Å². The average molecular weight is 542 g/mol. The number of nitrogens with one attached hydrogen (secondary N) is 2. The number of benzene rings is 2. The van der Waals surface area contributed by atoms with Crippen molar-refractivity contribution in [1.29, 1.82) is 0 Å². The molecule has 1 saturated heterocycles. The number of esters is 2. The fourth-order valence-corrected chi connectivity index (χ4v) is 4.15. The van der Waals surface area contributed by atoms with Crippen molar-refractivity contribution in [1.82, 2.24) is 20.7 Å². The van der Waals surface area contributed by atoms with Gasteiger partial charge in [-0.05, 0) is 67.9 Å². The van der Waals surface area contributed by atoms with Gasteiger partial charge < -0.3 is 10.1 Å². The number of aromatic nitrogens is 2. The monoisotopic (exact) mass is 541 g/mol. The van der Waals surface area contributed by atoms with Gasteiger partial charge in [0.05, 0.1) is 22.3 Å². The number of hydrazine groups is 1. The van der Waals surface area contributed by atoms with E-state index in [1.54, 1.807) is 48.8 Å². The van der Waals surface area contributed by atoms with Crippen molar-refractivity contribution in [3.63, 3.8) is 0 Å². The second kappa shape index (κ2) is 12.3. The van der Waals surface area contributed by atoms with Gasteiger partial charge in [-0.2, -0.15) is 0 Å². The van der Waals surface area contributed by atoms with Gasteiger partial charge in [0.2, 0.25) is 0 Å². The molecule has 1 fully saturated rings. The van der Waals surface area contributed by atoms with E-state index in [4.69, 9.17) is 10.6 Å². The Labute approximate surface area is 230 Å². The van der Waals surface area contributed by atoms with Crippen LogP contribution in [0.4, 0.5) is 0 Å². The van der Waals surface area contributed by atoms with Gasteiger partial charge in [0.15, 0.2) is 0 Å². The first-order valence-corrected chi connectivity index (χ1v) is 12.0. The molecule has 0 spiro atoms. The van der Waals surface area contributed by atoms with E-state index >= 15 is 0 Å². The molecule has 39 heavy (non-hydrogen) atoms. The number of ether oxygens (including phenoxy) is 1. The predicted octanol–water partition coefficient (Wildman–Crippen LogP) is 3.16. The van der Waals surface area contributed by atoms with E-state index in [1.165, 1.54) is 0 Å². The highest BCUT2D eigenvalue weighted by Crippen LogP contribution is 2.24. The molecular weight excluding hydrogens is 518 g/mol. The number of fused-ring (bicyclic) bond motifs is 1. The smallest absolute Gasteiger partial charge is 0.345 e. The Hall–Kier alpha value is -4.62. The van der Waals surface area contributed by atoms with E-state index < -0.39 is 23.9 Å². The molecule has 1 amide bonds. The fraction of sp³-hybridized carbons (Fsp3) is 0.138. The van der Waals surface area contributed by atoms with Crippen LogP contribution in [0.2, 0.25) is 0 Å². The largest absolute Gasteiger partial charge is 0.388 e. The van der Waals surface area contributed by atoms with Crippen LogP contribution in [-0.4, -0.2) is 40.4 Å². The highest BCUT2D eigenvalue weighted by atomic mass is 35.5. The minimum atomic E-state index is -0.676. The van der Waals surface area contributed by atoms with E-state index in [0.717, 1.165) is 24.1 Å². The van der Waals surface area contributed by atoms with Gasteiger partial charge >= 0.3 is 11.9 Å². The number of nitrogen functional groups attached to an aromatic ring is 1. The molecule has 0 bridgehead atoms. The average Bonchev–Trinajstić information content (AvgIpc) is 3.51. The SMILES string of the molecule is Cl.NNC(=O)c1cc(-c2ccc(C#Cc3ccc(C(=O)OC(=O)C4CCCN4)cc3)cc2)nc2ccncc12. The van der Waals surface area contributed by atoms with Crippen LogP contribution in [0, 0.1) is 11.8 Å². The Bertz CT molecular complexity index is 1590. The summed E-state index contributed by atoms with van der Waals surface area (Å²) in [5.41, 5.74) is 6.38. The molecule has 2 aromatic carbocycles. The molecular formula is C29H24ClN5O4. The number of pyridine rings is 2. The number of carbonyl (C=O) groups is 3. The number of halogens is 1. The summed E-state index contributed by atoms with van der Waals surface area (Å²) >= 11 is 0. The van der Waals surface area contributed by atoms with Crippen LogP contribution in [0.15, 0.2) is 73.1 Å². The lowest BCUT2D eigenvalue weighted by molar-refractivity contribution is -0.139. The Morgan fingerprint density at radius 1 is 1.00 bits per heavy atom. The quantitative estimate of drug-likeness (QED) is 0.0895. The molecule has 1 aliphatic rings. The highest BCUT2D eigenvalue weighted by Gasteiger charge is 2.26.